The highest BCUT2D eigenvalue weighted by atomic mass is 28.4. The molecule has 3 nitrogen and oxygen atoms in total. The van der Waals surface area contributed by atoms with Crippen LogP contribution in [-0.2, 0) is 19.6 Å². The molecule has 1 aliphatic carbocycles. The van der Waals surface area contributed by atoms with Crippen LogP contribution < -0.4 is 0 Å². The average Bonchev–Trinajstić information content (AvgIpc) is 3.02. The van der Waals surface area contributed by atoms with Gasteiger partial charge in [-0.1, -0.05) is 29.8 Å². The normalized spacial score (nSPS) is 26.1. The van der Waals surface area contributed by atoms with Crippen LogP contribution >= 0.6 is 0 Å². The largest absolute Gasteiger partial charge is 0.469 e. The molecule has 1 saturated carbocycles. The van der Waals surface area contributed by atoms with Gasteiger partial charge in [0.05, 0.1) is 18.6 Å². The third-order valence-corrected chi connectivity index (χ3v) is 4.40. The third-order valence-electron chi connectivity index (χ3n) is 3.42. The van der Waals surface area contributed by atoms with Crippen molar-refractivity contribution in [2.45, 2.75) is 38.6 Å². The summed E-state index contributed by atoms with van der Waals surface area (Å²) in [4.78, 5) is 11.8. The minimum atomic E-state index is -1.73. The number of carbonyl (C=O) groups is 1. The minimum absolute atomic E-state index is 0.160. The number of benzene rings is 1. The number of ether oxygens (including phenoxy) is 1. The minimum Gasteiger partial charge on any atom is -0.469 e. The summed E-state index contributed by atoms with van der Waals surface area (Å²) in [5, 5.41) is 0. The molecule has 0 aromatic heterocycles. The quantitative estimate of drug-likeness (QED) is 0.626. The summed E-state index contributed by atoms with van der Waals surface area (Å²) < 4.78 is 11.2. The van der Waals surface area contributed by atoms with E-state index in [1.54, 1.807) is 0 Å². The Morgan fingerprint density at radius 1 is 1.26 bits per heavy atom. The number of esters is 1. The first-order valence-electron chi connectivity index (χ1n) is 6.64. The van der Waals surface area contributed by atoms with Crippen LogP contribution in [0, 0.1) is 12.8 Å². The highest BCUT2D eigenvalue weighted by Gasteiger charge is 2.62. The Hall–Kier alpha value is -1.13. The summed E-state index contributed by atoms with van der Waals surface area (Å²) >= 11 is 0. The Morgan fingerprint density at radius 2 is 1.84 bits per heavy atom. The number of aryl methyl sites for hydroxylation is 1. The molecule has 19 heavy (non-hydrogen) atoms. The molecule has 104 valence electrons. The van der Waals surface area contributed by atoms with E-state index in [-0.39, 0.29) is 11.9 Å². The summed E-state index contributed by atoms with van der Waals surface area (Å²) in [6.07, 6.45) is 0.729. The van der Waals surface area contributed by atoms with Crippen molar-refractivity contribution >= 4 is 14.3 Å². The Balaban J connectivity index is 2.32. The molecular weight excluding hydrogens is 256 g/mol. The van der Waals surface area contributed by atoms with E-state index < -0.39 is 13.9 Å². The molecule has 2 unspecified atom stereocenters. The number of rotatable bonds is 4. The lowest BCUT2D eigenvalue weighted by molar-refractivity contribution is -0.143. The van der Waals surface area contributed by atoms with Crippen LogP contribution in [0.25, 0.3) is 0 Å². The Kier molecular flexibility index (Phi) is 3.58. The van der Waals surface area contributed by atoms with E-state index in [1.807, 2.05) is 0 Å². The topological polar surface area (TPSA) is 35.5 Å². The van der Waals surface area contributed by atoms with E-state index in [2.05, 4.69) is 50.8 Å². The summed E-state index contributed by atoms with van der Waals surface area (Å²) in [5.41, 5.74) is 1.85. The molecular formula is C15H22O3Si. The fourth-order valence-electron chi connectivity index (χ4n) is 2.53. The van der Waals surface area contributed by atoms with Gasteiger partial charge in [-0.3, -0.25) is 4.79 Å². The van der Waals surface area contributed by atoms with Gasteiger partial charge in [-0.25, -0.2) is 0 Å². The van der Waals surface area contributed by atoms with E-state index in [9.17, 15) is 4.79 Å². The van der Waals surface area contributed by atoms with Gasteiger partial charge in [0.2, 0.25) is 0 Å². The summed E-state index contributed by atoms with van der Waals surface area (Å²) in [7, 11) is -0.295. The van der Waals surface area contributed by atoms with Gasteiger partial charge in [-0.2, -0.15) is 0 Å². The van der Waals surface area contributed by atoms with Crippen molar-refractivity contribution in [3.8, 4) is 0 Å². The molecule has 1 fully saturated rings. The van der Waals surface area contributed by atoms with Crippen molar-refractivity contribution < 1.29 is 14.0 Å². The number of hydrogen-bond acceptors (Lipinski definition) is 3. The fraction of sp³-hybridized carbons (Fsp3) is 0.533. The molecule has 2 rings (SSSR count). The molecule has 0 heterocycles. The van der Waals surface area contributed by atoms with Crippen LogP contribution in [-0.4, -0.2) is 21.4 Å². The number of hydrogen-bond donors (Lipinski definition) is 0. The maximum absolute atomic E-state index is 11.8. The van der Waals surface area contributed by atoms with Crippen LogP contribution in [0.2, 0.25) is 19.6 Å². The predicted molar refractivity (Wildman–Crippen MR) is 77.4 cm³/mol. The molecule has 0 amide bonds. The van der Waals surface area contributed by atoms with Crippen molar-refractivity contribution in [2.75, 3.05) is 7.11 Å². The SMILES string of the molecule is COC(=O)C1CC1(O[Si](C)(C)C)c1ccc(C)cc1. The van der Waals surface area contributed by atoms with Crippen molar-refractivity contribution in [1.29, 1.82) is 0 Å². The van der Waals surface area contributed by atoms with Crippen molar-refractivity contribution in [3.05, 3.63) is 35.4 Å². The monoisotopic (exact) mass is 278 g/mol. The Labute approximate surface area is 116 Å². The molecule has 0 N–H and O–H groups in total. The second kappa shape index (κ2) is 4.76. The van der Waals surface area contributed by atoms with Crippen LogP contribution in [0.4, 0.5) is 0 Å². The first-order chi connectivity index (χ1) is 8.78. The molecule has 1 aromatic rings. The molecule has 0 radical (unpaired) electrons. The lowest BCUT2D eigenvalue weighted by Gasteiger charge is -2.27. The van der Waals surface area contributed by atoms with Gasteiger partial charge in [0.1, 0.15) is 0 Å². The third kappa shape index (κ3) is 2.90. The molecule has 4 heteroatoms. The Morgan fingerprint density at radius 3 is 2.32 bits per heavy atom. The second-order valence-electron chi connectivity index (χ2n) is 6.25. The standard InChI is InChI=1S/C15H22O3Si/c1-11-6-8-12(9-7-11)15(18-19(3,4)5)10-13(15)14(16)17-2/h6-9,13H,10H2,1-5H3. The first-order valence-corrected chi connectivity index (χ1v) is 10.0. The Bertz CT molecular complexity index is 475. The summed E-state index contributed by atoms with van der Waals surface area (Å²) in [6, 6.07) is 8.27. The van der Waals surface area contributed by atoms with Crippen molar-refractivity contribution in [1.82, 2.24) is 0 Å². The maximum Gasteiger partial charge on any atom is 0.312 e. The number of methoxy groups -OCH3 is 1. The highest BCUT2D eigenvalue weighted by molar-refractivity contribution is 6.69. The fourth-order valence-corrected chi connectivity index (χ4v) is 3.97. The van der Waals surface area contributed by atoms with Gasteiger partial charge in [0.25, 0.3) is 0 Å². The van der Waals surface area contributed by atoms with Gasteiger partial charge < -0.3 is 9.16 Å². The van der Waals surface area contributed by atoms with E-state index >= 15 is 0 Å². The lowest BCUT2D eigenvalue weighted by Crippen LogP contribution is -2.34. The highest BCUT2D eigenvalue weighted by Crippen LogP contribution is 2.57. The van der Waals surface area contributed by atoms with Crippen molar-refractivity contribution in [3.63, 3.8) is 0 Å². The van der Waals surface area contributed by atoms with E-state index in [1.165, 1.54) is 12.7 Å². The molecule has 0 spiro atoms. The molecule has 1 aliphatic rings. The van der Waals surface area contributed by atoms with Crippen LogP contribution in [0.15, 0.2) is 24.3 Å². The lowest BCUT2D eigenvalue weighted by atomic mass is 10.0. The average molecular weight is 278 g/mol. The zero-order valence-corrected chi connectivity index (χ0v) is 13.3. The van der Waals surface area contributed by atoms with Crippen LogP contribution in [0.5, 0.6) is 0 Å². The molecule has 0 aliphatic heterocycles. The molecule has 0 bridgehead atoms. The van der Waals surface area contributed by atoms with Gasteiger partial charge in [0.15, 0.2) is 8.32 Å². The van der Waals surface area contributed by atoms with Crippen LogP contribution in [0.1, 0.15) is 17.5 Å². The smallest absolute Gasteiger partial charge is 0.312 e. The van der Waals surface area contributed by atoms with Gasteiger partial charge in [0, 0.05) is 0 Å². The zero-order chi connectivity index (χ0) is 14.3. The predicted octanol–water partition coefficient (Wildman–Crippen LogP) is 3.23. The van der Waals surface area contributed by atoms with E-state index in [0.717, 1.165) is 12.0 Å². The molecule has 2 atom stereocenters. The first kappa shape index (κ1) is 14.3. The summed E-state index contributed by atoms with van der Waals surface area (Å²) in [6.45, 7) is 8.50. The van der Waals surface area contributed by atoms with Crippen LogP contribution in [0.3, 0.4) is 0 Å². The number of carbonyl (C=O) groups excluding carboxylic acids is 1. The maximum atomic E-state index is 11.8. The zero-order valence-electron chi connectivity index (χ0n) is 12.3. The van der Waals surface area contributed by atoms with Gasteiger partial charge in [-0.05, 0) is 38.5 Å². The van der Waals surface area contributed by atoms with Crippen molar-refractivity contribution in [2.24, 2.45) is 5.92 Å². The summed E-state index contributed by atoms with van der Waals surface area (Å²) in [5.74, 6) is -0.328. The van der Waals surface area contributed by atoms with Gasteiger partial charge >= 0.3 is 5.97 Å². The van der Waals surface area contributed by atoms with E-state index in [0.29, 0.717) is 0 Å². The molecule has 0 saturated heterocycles. The second-order valence-corrected chi connectivity index (χ2v) is 10.7. The van der Waals surface area contributed by atoms with E-state index in [4.69, 9.17) is 9.16 Å². The van der Waals surface area contributed by atoms with Gasteiger partial charge in [-0.15, -0.1) is 0 Å². The molecule has 1 aromatic carbocycles.